The summed E-state index contributed by atoms with van der Waals surface area (Å²) in [7, 11) is 3.89. The van der Waals surface area contributed by atoms with Crippen molar-refractivity contribution >= 4 is 56.9 Å². The third-order valence-corrected chi connectivity index (χ3v) is 7.61. The number of carbonyl (C=O) groups is 1. The van der Waals surface area contributed by atoms with Crippen molar-refractivity contribution < 1.29 is 4.79 Å². The van der Waals surface area contributed by atoms with Crippen LogP contribution in [0.25, 0.3) is 10.9 Å². The Balaban J connectivity index is 1.15. The molecule has 2 heterocycles. The van der Waals surface area contributed by atoms with Gasteiger partial charge in [-0.05, 0) is 90.0 Å². The van der Waals surface area contributed by atoms with Crippen LogP contribution in [0, 0.1) is 9.49 Å². The molecule has 1 aliphatic rings. The summed E-state index contributed by atoms with van der Waals surface area (Å²) in [6, 6.07) is 24.8. The number of aromatic nitrogens is 2. The van der Waals surface area contributed by atoms with Crippen LogP contribution in [0.5, 0.6) is 0 Å². The van der Waals surface area contributed by atoms with E-state index in [1.807, 2.05) is 55.4 Å². The number of fused-ring (bicyclic) bond motifs is 1. The Morgan fingerprint density at radius 1 is 0.974 bits per heavy atom. The van der Waals surface area contributed by atoms with Gasteiger partial charge in [0.2, 0.25) is 11.9 Å². The lowest BCUT2D eigenvalue weighted by Crippen LogP contribution is -2.37. The number of benzene rings is 3. The Bertz CT molecular complexity index is 1390. The van der Waals surface area contributed by atoms with Gasteiger partial charge in [0.15, 0.2) is 0 Å². The molecule has 1 aromatic heterocycles. The van der Waals surface area contributed by atoms with Crippen molar-refractivity contribution in [1.29, 1.82) is 0 Å². The van der Waals surface area contributed by atoms with Crippen LogP contribution in [-0.4, -0.2) is 48.0 Å². The maximum Gasteiger partial charge on any atom is 0.227 e. The topological polar surface area (TPSA) is 73.4 Å². The van der Waals surface area contributed by atoms with Gasteiger partial charge in [-0.3, -0.25) is 9.69 Å². The second-order valence-electron chi connectivity index (χ2n) is 10.0. The van der Waals surface area contributed by atoms with E-state index in [4.69, 9.17) is 4.98 Å². The van der Waals surface area contributed by atoms with Crippen molar-refractivity contribution in [3.63, 3.8) is 0 Å². The minimum absolute atomic E-state index is 0.0584. The van der Waals surface area contributed by atoms with Gasteiger partial charge in [0.25, 0.3) is 0 Å². The van der Waals surface area contributed by atoms with Gasteiger partial charge in [0.1, 0.15) is 5.82 Å². The number of amides is 1. The number of nitrogens with one attached hydrogen (secondary N) is 2. The molecule has 1 aliphatic heterocycles. The molecule has 1 saturated heterocycles. The first-order chi connectivity index (χ1) is 18.4. The van der Waals surface area contributed by atoms with E-state index in [0.29, 0.717) is 12.5 Å². The van der Waals surface area contributed by atoms with Gasteiger partial charge in [0, 0.05) is 47.7 Å². The molecule has 1 amide bonds. The first kappa shape index (κ1) is 26.4. The summed E-state index contributed by atoms with van der Waals surface area (Å²) in [6.07, 6.45) is 1.78. The molecule has 5 rings (SSSR count). The average molecular weight is 621 g/mol. The summed E-state index contributed by atoms with van der Waals surface area (Å²) < 4.78 is 1.14. The molecule has 1 fully saturated rings. The summed E-state index contributed by atoms with van der Waals surface area (Å²) in [6.45, 7) is 3.47. The minimum atomic E-state index is 0.0584. The van der Waals surface area contributed by atoms with E-state index < -0.39 is 0 Å². The second kappa shape index (κ2) is 12.1. The number of likely N-dealkylation sites (tertiary alicyclic amines) is 1. The molecule has 3 aromatic carbocycles. The van der Waals surface area contributed by atoms with Gasteiger partial charge in [0.05, 0.1) is 5.52 Å². The number of rotatable bonds is 8. The maximum atomic E-state index is 12.9. The molecule has 0 aliphatic carbocycles. The van der Waals surface area contributed by atoms with E-state index >= 15 is 0 Å². The molecular weight excluding hydrogens is 587 g/mol. The molecule has 8 heteroatoms. The van der Waals surface area contributed by atoms with Crippen LogP contribution in [0.4, 0.5) is 17.5 Å². The van der Waals surface area contributed by atoms with Gasteiger partial charge >= 0.3 is 0 Å². The van der Waals surface area contributed by atoms with Crippen molar-refractivity contribution in [2.75, 3.05) is 42.7 Å². The van der Waals surface area contributed by atoms with E-state index in [9.17, 15) is 4.79 Å². The summed E-state index contributed by atoms with van der Waals surface area (Å²) >= 11 is 2.31. The zero-order valence-corrected chi connectivity index (χ0v) is 24.0. The number of anilines is 3. The predicted molar refractivity (Wildman–Crippen MR) is 163 cm³/mol. The normalized spacial score (nSPS) is 14.4. The number of nitrogens with zero attached hydrogens (tertiary/aromatic N) is 4. The summed E-state index contributed by atoms with van der Waals surface area (Å²) in [4.78, 5) is 26.6. The fourth-order valence-corrected chi connectivity index (χ4v) is 5.25. The second-order valence-corrected chi connectivity index (χ2v) is 11.2. The first-order valence-corrected chi connectivity index (χ1v) is 14.1. The number of carbonyl (C=O) groups excluding carboxylic acids is 1. The molecule has 0 spiro atoms. The number of halogens is 1. The highest BCUT2D eigenvalue weighted by Crippen LogP contribution is 2.26. The van der Waals surface area contributed by atoms with Crippen molar-refractivity contribution in [2.45, 2.75) is 25.9 Å². The quantitative estimate of drug-likeness (QED) is 0.244. The molecule has 2 N–H and O–H groups in total. The number of hydrogen-bond donors (Lipinski definition) is 2. The summed E-state index contributed by atoms with van der Waals surface area (Å²) in [5.41, 5.74) is 4.18. The van der Waals surface area contributed by atoms with E-state index in [-0.39, 0.29) is 11.8 Å². The molecule has 0 atom stereocenters. The standard InChI is InChI=1S/C30H33IN6O/c1-36(2)30-34-27-13-10-24(31)18-26(27)28(35-30)32-19-21-8-11-25(12-9-21)33-29(38)23-14-16-37(17-15-23)20-22-6-4-3-5-7-22/h3-13,18,23H,14-17,19-20H2,1-2H3,(H,33,38)(H,32,34,35). The zero-order valence-electron chi connectivity index (χ0n) is 21.8. The largest absolute Gasteiger partial charge is 0.365 e. The van der Waals surface area contributed by atoms with Gasteiger partial charge in [-0.1, -0.05) is 42.5 Å². The Kier molecular flexibility index (Phi) is 8.38. The van der Waals surface area contributed by atoms with Crippen LogP contribution in [0.2, 0.25) is 0 Å². The van der Waals surface area contributed by atoms with Crippen LogP contribution >= 0.6 is 22.6 Å². The van der Waals surface area contributed by atoms with Gasteiger partial charge in [-0.25, -0.2) is 4.98 Å². The maximum absolute atomic E-state index is 12.9. The Morgan fingerprint density at radius 3 is 2.42 bits per heavy atom. The summed E-state index contributed by atoms with van der Waals surface area (Å²) in [5, 5.41) is 7.61. The minimum Gasteiger partial charge on any atom is -0.365 e. The van der Waals surface area contributed by atoms with Gasteiger partial charge in [-0.2, -0.15) is 4.98 Å². The van der Waals surface area contributed by atoms with Crippen LogP contribution in [0.1, 0.15) is 24.0 Å². The molecular formula is C30H33IN6O. The van der Waals surface area contributed by atoms with Gasteiger partial charge < -0.3 is 15.5 Å². The number of hydrogen-bond acceptors (Lipinski definition) is 6. The Labute approximate surface area is 237 Å². The van der Waals surface area contributed by atoms with E-state index in [2.05, 4.69) is 79.5 Å². The molecule has 196 valence electrons. The highest BCUT2D eigenvalue weighted by molar-refractivity contribution is 14.1. The smallest absolute Gasteiger partial charge is 0.227 e. The number of piperidine rings is 1. The molecule has 0 bridgehead atoms. The lowest BCUT2D eigenvalue weighted by Gasteiger charge is -2.31. The monoisotopic (exact) mass is 620 g/mol. The average Bonchev–Trinajstić information content (AvgIpc) is 2.93. The molecule has 0 radical (unpaired) electrons. The lowest BCUT2D eigenvalue weighted by molar-refractivity contribution is -0.121. The van der Waals surface area contributed by atoms with Crippen molar-refractivity contribution in [3.05, 3.63) is 87.5 Å². The fraction of sp³-hybridized carbons (Fsp3) is 0.300. The zero-order chi connectivity index (χ0) is 26.5. The van der Waals surface area contributed by atoms with Crippen LogP contribution in [-0.2, 0) is 17.9 Å². The van der Waals surface area contributed by atoms with Crippen LogP contribution in [0.15, 0.2) is 72.8 Å². The summed E-state index contributed by atoms with van der Waals surface area (Å²) in [5.74, 6) is 1.66. The Morgan fingerprint density at radius 2 is 1.71 bits per heavy atom. The third-order valence-electron chi connectivity index (χ3n) is 6.93. The Hall–Kier alpha value is -3.24. The van der Waals surface area contributed by atoms with E-state index in [1.165, 1.54) is 5.56 Å². The molecule has 4 aromatic rings. The highest BCUT2D eigenvalue weighted by atomic mass is 127. The van der Waals surface area contributed by atoms with E-state index in [1.54, 1.807) is 0 Å². The molecule has 0 saturated carbocycles. The fourth-order valence-electron chi connectivity index (χ4n) is 4.75. The van der Waals surface area contributed by atoms with E-state index in [0.717, 1.165) is 64.0 Å². The molecule has 0 unspecified atom stereocenters. The SMILES string of the molecule is CN(C)c1nc(NCc2ccc(NC(=O)C3CCN(Cc4ccccc4)CC3)cc2)c2cc(I)ccc2n1. The van der Waals surface area contributed by atoms with Crippen molar-refractivity contribution in [1.82, 2.24) is 14.9 Å². The van der Waals surface area contributed by atoms with Gasteiger partial charge in [-0.15, -0.1) is 0 Å². The van der Waals surface area contributed by atoms with Crippen LogP contribution in [0.3, 0.4) is 0 Å². The van der Waals surface area contributed by atoms with Crippen LogP contribution < -0.4 is 15.5 Å². The van der Waals surface area contributed by atoms with Crippen molar-refractivity contribution in [2.24, 2.45) is 5.92 Å². The highest BCUT2D eigenvalue weighted by Gasteiger charge is 2.25. The molecule has 7 nitrogen and oxygen atoms in total. The lowest BCUT2D eigenvalue weighted by atomic mass is 9.95. The molecule has 38 heavy (non-hydrogen) atoms. The first-order valence-electron chi connectivity index (χ1n) is 13.0. The third kappa shape index (κ3) is 6.60. The predicted octanol–water partition coefficient (Wildman–Crippen LogP) is 5.76. The van der Waals surface area contributed by atoms with Crippen molar-refractivity contribution in [3.8, 4) is 0 Å².